The fraction of sp³-hybridized carbons (Fsp3) is 0.714. The van der Waals surface area contributed by atoms with Crippen LogP contribution in [-0.2, 0) is 0 Å². The highest BCUT2D eigenvalue weighted by Gasteiger charge is 2.43. The first-order valence-corrected chi connectivity index (χ1v) is 3.59. The summed E-state index contributed by atoms with van der Waals surface area (Å²) in [7, 11) is 0. The summed E-state index contributed by atoms with van der Waals surface area (Å²) in [6.07, 6.45) is -2.79. The van der Waals surface area contributed by atoms with Crippen molar-refractivity contribution in [1.29, 1.82) is 0 Å². The minimum atomic E-state index is -4.13. The van der Waals surface area contributed by atoms with Crippen molar-refractivity contribution in [3.8, 4) is 0 Å². The average Bonchev–Trinajstić information content (AvgIpc) is 2.37. The Balaban J connectivity index is 2.13. The molecule has 2 heterocycles. The molecule has 1 aliphatic carbocycles. The summed E-state index contributed by atoms with van der Waals surface area (Å²) in [5.74, 6) is 0.168. The molecule has 3 rings (SSSR count). The van der Waals surface area contributed by atoms with Crippen molar-refractivity contribution < 1.29 is 13.2 Å². The van der Waals surface area contributed by atoms with Crippen LogP contribution in [0.1, 0.15) is 6.42 Å². The fourth-order valence-electron chi connectivity index (χ4n) is 1.78. The molecule has 2 aliphatic heterocycles. The van der Waals surface area contributed by atoms with Crippen molar-refractivity contribution in [2.75, 3.05) is 6.54 Å². The lowest BCUT2D eigenvalue weighted by Gasteiger charge is -2.26. The molecule has 1 saturated carbocycles. The van der Waals surface area contributed by atoms with Crippen molar-refractivity contribution in [3.05, 3.63) is 11.6 Å². The fourth-order valence-corrected chi connectivity index (χ4v) is 1.78. The zero-order chi connectivity index (χ0) is 8.06. The molecule has 0 amide bonds. The van der Waals surface area contributed by atoms with Gasteiger partial charge in [0.25, 0.3) is 0 Å². The van der Waals surface area contributed by atoms with Crippen LogP contribution < -0.4 is 5.32 Å². The van der Waals surface area contributed by atoms with Crippen LogP contribution in [0.15, 0.2) is 11.6 Å². The van der Waals surface area contributed by atoms with Crippen LogP contribution >= 0.6 is 0 Å². The Morgan fingerprint density at radius 3 is 2.55 bits per heavy atom. The van der Waals surface area contributed by atoms with E-state index in [4.69, 9.17) is 0 Å². The maximum absolute atomic E-state index is 11.8. The van der Waals surface area contributed by atoms with Crippen LogP contribution in [0.4, 0.5) is 13.2 Å². The Morgan fingerprint density at radius 2 is 2.18 bits per heavy atom. The normalized spacial score (nSPS) is 39.4. The van der Waals surface area contributed by atoms with E-state index in [1.165, 1.54) is 0 Å². The van der Waals surface area contributed by atoms with E-state index in [2.05, 4.69) is 5.32 Å². The number of rotatable bonds is 0. The van der Waals surface area contributed by atoms with E-state index >= 15 is 0 Å². The summed E-state index contributed by atoms with van der Waals surface area (Å²) in [6.45, 7) is 0.729. The third-order valence-electron chi connectivity index (χ3n) is 2.33. The molecule has 11 heavy (non-hydrogen) atoms. The molecule has 2 unspecified atom stereocenters. The Morgan fingerprint density at radius 1 is 1.45 bits per heavy atom. The molecule has 0 radical (unpaired) electrons. The van der Waals surface area contributed by atoms with Crippen LogP contribution in [0.5, 0.6) is 0 Å². The largest absolute Gasteiger partial charge is 0.409 e. The molecule has 2 atom stereocenters. The molecule has 0 aromatic carbocycles. The van der Waals surface area contributed by atoms with Crippen molar-refractivity contribution in [2.24, 2.45) is 5.92 Å². The first kappa shape index (κ1) is 7.16. The van der Waals surface area contributed by atoms with Crippen molar-refractivity contribution in [3.63, 3.8) is 0 Å². The summed E-state index contributed by atoms with van der Waals surface area (Å²) in [4.78, 5) is 0. The number of halogens is 3. The van der Waals surface area contributed by atoms with Gasteiger partial charge in [-0.2, -0.15) is 13.2 Å². The molecule has 1 nitrogen and oxygen atoms in total. The van der Waals surface area contributed by atoms with Gasteiger partial charge in [-0.15, -0.1) is 0 Å². The van der Waals surface area contributed by atoms with Crippen molar-refractivity contribution in [1.82, 2.24) is 5.32 Å². The monoisotopic (exact) mass is 163 g/mol. The van der Waals surface area contributed by atoms with Crippen molar-refractivity contribution in [2.45, 2.75) is 18.6 Å². The molecule has 62 valence electrons. The SMILES string of the molecule is FC(F)(F)C=C1C2CNC1C2. The second kappa shape index (κ2) is 2.00. The summed E-state index contributed by atoms with van der Waals surface area (Å²) < 4.78 is 35.4. The summed E-state index contributed by atoms with van der Waals surface area (Å²) in [6, 6.07) is 0.0293. The van der Waals surface area contributed by atoms with Gasteiger partial charge in [-0.05, 0) is 17.9 Å². The van der Waals surface area contributed by atoms with Gasteiger partial charge in [-0.25, -0.2) is 0 Å². The van der Waals surface area contributed by atoms with Gasteiger partial charge < -0.3 is 5.32 Å². The van der Waals surface area contributed by atoms with Gasteiger partial charge in [0.15, 0.2) is 0 Å². The molecule has 4 heteroatoms. The molecule has 2 bridgehead atoms. The maximum atomic E-state index is 11.8. The van der Waals surface area contributed by atoms with Gasteiger partial charge in [-0.3, -0.25) is 0 Å². The Bertz CT molecular complexity index is 190. The zero-order valence-corrected chi connectivity index (χ0v) is 5.78. The van der Waals surface area contributed by atoms with Crippen LogP contribution in [-0.4, -0.2) is 18.8 Å². The number of hydrogen-bond donors (Lipinski definition) is 1. The Kier molecular flexibility index (Phi) is 1.30. The minimum Gasteiger partial charge on any atom is -0.310 e. The lowest BCUT2D eigenvalue weighted by atomic mass is 9.80. The first-order chi connectivity index (χ1) is 5.06. The second-order valence-electron chi connectivity index (χ2n) is 3.08. The zero-order valence-electron chi connectivity index (χ0n) is 5.78. The quantitative estimate of drug-likeness (QED) is 0.533. The maximum Gasteiger partial charge on any atom is 0.409 e. The first-order valence-electron chi connectivity index (χ1n) is 3.59. The number of nitrogens with one attached hydrogen (secondary N) is 1. The number of allylic oxidation sites excluding steroid dienone is 1. The van der Waals surface area contributed by atoms with E-state index in [9.17, 15) is 13.2 Å². The minimum absolute atomic E-state index is 0.0293. The van der Waals surface area contributed by atoms with Crippen LogP contribution in [0.25, 0.3) is 0 Å². The van der Waals surface area contributed by atoms with E-state index in [0.717, 1.165) is 13.0 Å². The molecule has 3 aliphatic rings. The van der Waals surface area contributed by atoms with Gasteiger partial charge in [0, 0.05) is 18.7 Å². The number of fused-ring (bicyclic) bond motifs is 1. The van der Waals surface area contributed by atoms with Crippen molar-refractivity contribution >= 4 is 0 Å². The lowest BCUT2D eigenvalue weighted by molar-refractivity contribution is -0.0814. The summed E-state index contributed by atoms with van der Waals surface area (Å²) in [5.41, 5.74) is 0.553. The Hall–Kier alpha value is -0.510. The van der Waals surface area contributed by atoms with Gasteiger partial charge >= 0.3 is 6.18 Å². The molecule has 1 N–H and O–H groups in total. The molecule has 3 fully saturated rings. The smallest absolute Gasteiger partial charge is 0.310 e. The summed E-state index contributed by atoms with van der Waals surface area (Å²) >= 11 is 0. The second-order valence-corrected chi connectivity index (χ2v) is 3.08. The Labute approximate surface area is 62.3 Å². The third-order valence-corrected chi connectivity index (χ3v) is 2.33. The topological polar surface area (TPSA) is 12.0 Å². The molecular formula is C7H8F3N. The van der Waals surface area contributed by atoms with E-state index in [1.807, 2.05) is 0 Å². The molecule has 2 saturated heterocycles. The third kappa shape index (κ3) is 1.15. The molecular weight excluding hydrogens is 155 g/mol. The van der Waals surface area contributed by atoms with Crippen LogP contribution in [0.2, 0.25) is 0 Å². The average molecular weight is 163 g/mol. The summed E-state index contributed by atoms with van der Waals surface area (Å²) in [5, 5.41) is 3.00. The highest BCUT2D eigenvalue weighted by molar-refractivity contribution is 5.30. The highest BCUT2D eigenvalue weighted by atomic mass is 19.4. The van der Waals surface area contributed by atoms with E-state index in [-0.39, 0.29) is 12.0 Å². The van der Waals surface area contributed by atoms with Gasteiger partial charge in [0.2, 0.25) is 0 Å². The van der Waals surface area contributed by atoms with Crippen LogP contribution in [0.3, 0.4) is 0 Å². The predicted octanol–water partition coefficient (Wildman–Crippen LogP) is 1.47. The van der Waals surface area contributed by atoms with Gasteiger partial charge in [-0.1, -0.05) is 0 Å². The number of hydrogen-bond acceptors (Lipinski definition) is 1. The van der Waals surface area contributed by atoms with Crippen LogP contribution in [0, 0.1) is 5.92 Å². The molecule has 0 aromatic rings. The van der Waals surface area contributed by atoms with Gasteiger partial charge in [0.05, 0.1) is 0 Å². The number of alkyl halides is 3. The van der Waals surface area contributed by atoms with E-state index in [0.29, 0.717) is 11.6 Å². The van der Waals surface area contributed by atoms with E-state index < -0.39 is 6.18 Å². The predicted molar refractivity (Wildman–Crippen MR) is 34.0 cm³/mol. The molecule has 0 spiro atoms. The molecule has 0 aromatic heterocycles. The lowest BCUT2D eigenvalue weighted by Crippen LogP contribution is -2.29. The van der Waals surface area contributed by atoms with Gasteiger partial charge in [0.1, 0.15) is 0 Å². The van der Waals surface area contributed by atoms with E-state index in [1.54, 1.807) is 0 Å². The standard InChI is InChI=1S/C7H8F3N/c8-7(9,10)2-5-4-1-6(5)11-3-4/h2,4,6,11H,1,3H2. The highest BCUT2D eigenvalue weighted by Crippen LogP contribution is 2.41.